The van der Waals surface area contributed by atoms with E-state index in [1.165, 1.54) is 0 Å². The lowest BCUT2D eigenvalue weighted by Gasteiger charge is -2.34. The second-order valence-corrected chi connectivity index (χ2v) is 9.60. The predicted octanol–water partition coefficient (Wildman–Crippen LogP) is 4.90. The molecule has 1 amide bonds. The summed E-state index contributed by atoms with van der Waals surface area (Å²) in [4.78, 5) is 23.5. The number of hydrogen-bond acceptors (Lipinski definition) is 5. The molecule has 30 heavy (non-hydrogen) atoms. The van der Waals surface area contributed by atoms with Crippen LogP contribution in [0.4, 0.5) is 4.79 Å². The minimum Gasteiger partial charge on any atom is -0.444 e. The van der Waals surface area contributed by atoms with Crippen LogP contribution in [0.1, 0.15) is 33.6 Å². The molecular weight excluding hydrogens is 446 g/mol. The highest BCUT2D eigenvalue weighted by Gasteiger charge is 2.28. The van der Waals surface area contributed by atoms with Crippen LogP contribution in [0.5, 0.6) is 0 Å². The topological polar surface area (TPSA) is 73.1 Å². The fourth-order valence-corrected chi connectivity index (χ4v) is 4.15. The van der Waals surface area contributed by atoms with Crippen molar-refractivity contribution in [2.24, 2.45) is 5.92 Å². The van der Waals surface area contributed by atoms with Crippen LogP contribution in [-0.2, 0) is 11.3 Å². The van der Waals surface area contributed by atoms with Crippen LogP contribution >= 0.6 is 15.9 Å². The average molecular weight is 472 g/mol. The van der Waals surface area contributed by atoms with Crippen LogP contribution in [0, 0.1) is 5.92 Å². The van der Waals surface area contributed by atoms with Gasteiger partial charge in [0.25, 0.3) is 0 Å². The fraction of sp³-hybridized carbons (Fsp3) is 0.455. The van der Waals surface area contributed by atoms with E-state index in [0.29, 0.717) is 12.5 Å². The van der Waals surface area contributed by atoms with E-state index in [2.05, 4.69) is 26.0 Å². The number of hydrogen-bond donors (Lipinski definition) is 0. The maximum atomic E-state index is 12.4. The highest BCUT2D eigenvalue weighted by atomic mass is 79.9. The van der Waals surface area contributed by atoms with Crippen molar-refractivity contribution in [3.63, 3.8) is 0 Å². The van der Waals surface area contributed by atoms with Gasteiger partial charge in [-0.25, -0.2) is 9.78 Å². The van der Waals surface area contributed by atoms with Crippen molar-refractivity contribution in [2.45, 2.75) is 45.8 Å². The molecular formula is C22H26BrN5O2. The second-order valence-electron chi connectivity index (χ2n) is 8.75. The van der Waals surface area contributed by atoms with Crippen LogP contribution in [0.25, 0.3) is 22.3 Å². The Bertz CT molecular complexity index is 1060. The Morgan fingerprint density at radius 3 is 2.93 bits per heavy atom. The summed E-state index contributed by atoms with van der Waals surface area (Å²) in [6.07, 6.45) is 7.41. The van der Waals surface area contributed by atoms with Gasteiger partial charge in [0.15, 0.2) is 0 Å². The van der Waals surface area contributed by atoms with Crippen molar-refractivity contribution >= 4 is 33.1 Å². The molecule has 1 atom stereocenters. The lowest BCUT2D eigenvalue weighted by molar-refractivity contribution is 0.0155. The maximum Gasteiger partial charge on any atom is 0.410 e. The zero-order chi connectivity index (χ0) is 21.3. The number of para-hydroxylation sites is 1. The van der Waals surface area contributed by atoms with Crippen LogP contribution < -0.4 is 0 Å². The van der Waals surface area contributed by atoms with Crippen molar-refractivity contribution < 1.29 is 9.53 Å². The van der Waals surface area contributed by atoms with Gasteiger partial charge < -0.3 is 9.64 Å². The largest absolute Gasteiger partial charge is 0.444 e. The van der Waals surface area contributed by atoms with Crippen LogP contribution in [0.2, 0.25) is 0 Å². The van der Waals surface area contributed by atoms with E-state index in [1.54, 1.807) is 6.20 Å². The van der Waals surface area contributed by atoms with Gasteiger partial charge in [-0.2, -0.15) is 5.10 Å². The third kappa shape index (κ3) is 4.80. The second kappa shape index (κ2) is 8.34. The van der Waals surface area contributed by atoms with Gasteiger partial charge >= 0.3 is 6.09 Å². The molecule has 4 rings (SSSR count). The zero-order valence-electron chi connectivity index (χ0n) is 17.5. The summed E-state index contributed by atoms with van der Waals surface area (Å²) in [6, 6.07) is 5.85. The van der Waals surface area contributed by atoms with Gasteiger partial charge in [-0.05, 0) is 67.6 Å². The zero-order valence-corrected chi connectivity index (χ0v) is 19.1. The third-order valence-corrected chi connectivity index (χ3v) is 5.71. The van der Waals surface area contributed by atoms with Gasteiger partial charge in [0.05, 0.1) is 23.6 Å². The molecule has 158 valence electrons. The molecule has 1 aromatic carbocycles. The van der Waals surface area contributed by atoms with E-state index in [-0.39, 0.29) is 6.09 Å². The Morgan fingerprint density at radius 2 is 2.13 bits per heavy atom. The van der Waals surface area contributed by atoms with Crippen molar-refractivity contribution in [2.75, 3.05) is 13.1 Å². The highest BCUT2D eigenvalue weighted by Crippen LogP contribution is 2.25. The Hall–Kier alpha value is -2.48. The number of benzene rings is 1. The molecule has 7 nitrogen and oxygen atoms in total. The molecule has 3 heterocycles. The number of likely N-dealkylation sites (tertiary alicyclic amines) is 1. The van der Waals surface area contributed by atoms with E-state index in [1.807, 2.05) is 60.9 Å². The van der Waals surface area contributed by atoms with E-state index < -0.39 is 5.60 Å². The molecule has 0 bridgehead atoms. The molecule has 1 saturated heterocycles. The lowest BCUT2D eigenvalue weighted by atomic mass is 9.98. The van der Waals surface area contributed by atoms with Crippen molar-refractivity contribution in [1.82, 2.24) is 24.6 Å². The standard InChI is InChI=1S/C22H26BrN5O2/c1-22(2,3)30-21(29)27-9-5-6-15(12-27)13-28-14-16(10-25-28)19-11-24-18-8-4-7-17(23)20(18)26-19/h4,7-8,10-11,14-15H,5-6,9,12-13H2,1-3H3. The number of amides is 1. The number of fused-ring (bicyclic) bond motifs is 1. The monoisotopic (exact) mass is 471 g/mol. The van der Waals surface area contributed by atoms with Crippen LogP contribution in [0.3, 0.4) is 0 Å². The van der Waals surface area contributed by atoms with Crippen molar-refractivity contribution in [1.29, 1.82) is 0 Å². The molecule has 2 aromatic heterocycles. The number of carbonyl (C=O) groups excluding carboxylic acids is 1. The normalized spacial score (nSPS) is 17.3. The summed E-state index contributed by atoms with van der Waals surface area (Å²) in [7, 11) is 0. The summed E-state index contributed by atoms with van der Waals surface area (Å²) >= 11 is 3.54. The molecule has 0 N–H and O–H groups in total. The van der Waals surface area contributed by atoms with Gasteiger partial charge in [-0.15, -0.1) is 0 Å². The Labute approximate surface area is 184 Å². The quantitative estimate of drug-likeness (QED) is 0.542. The number of piperidine rings is 1. The molecule has 3 aromatic rings. The van der Waals surface area contributed by atoms with E-state index in [9.17, 15) is 4.79 Å². The van der Waals surface area contributed by atoms with Gasteiger partial charge in [-0.3, -0.25) is 9.67 Å². The first-order chi connectivity index (χ1) is 14.3. The van der Waals surface area contributed by atoms with E-state index in [0.717, 1.165) is 52.7 Å². The predicted molar refractivity (Wildman–Crippen MR) is 119 cm³/mol. The summed E-state index contributed by atoms with van der Waals surface area (Å²) in [5.74, 6) is 0.343. The number of halogens is 1. The number of ether oxygens (including phenoxy) is 1. The van der Waals surface area contributed by atoms with Crippen LogP contribution in [0.15, 0.2) is 41.3 Å². The van der Waals surface area contributed by atoms with Gasteiger partial charge in [0.2, 0.25) is 0 Å². The molecule has 1 unspecified atom stereocenters. The van der Waals surface area contributed by atoms with Crippen molar-refractivity contribution in [3.8, 4) is 11.3 Å². The molecule has 0 aliphatic carbocycles. The molecule has 1 aliphatic rings. The van der Waals surface area contributed by atoms with Gasteiger partial charge in [-0.1, -0.05) is 6.07 Å². The van der Waals surface area contributed by atoms with Gasteiger partial charge in [0, 0.05) is 35.9 Å². The Balaban J connectivity index is 1.44. The maximum absolute atomic E-state index is 12.4. The Morgan fingerprint density at radius 1 is 1.30 bits per heavy atom. The number of rotatable bonds is 3. The minimum absolute atomic E-state index is 0.231. The number of nitrogens with zero attached hydrogens (tertiary/aromatic N) is 5. The molecule has 0 saturated carbocycles. The first-order valence-electron chi connectivity index (χ1n) is 10.2. The average Bonchev–Trinajstić information content (AvgIpc) is 3.15. The summed E-state index contributed by atoms with van der Waals surface area (Å²) in [5.41, 5.74) is 2.93. The van der Waals surface area contributed by atoms with Crippen LogP contribution in [-0.4, -0.2) is 49.4 Å². The summed E-state index contributed by atoms with van der Waals surface area (Å²) < 4.78 is 8.39. The highest BCUT2D eigenvalue weighted by molar-refractivity contribution is 9.10. The molecule has 0 spiro atoms. The molecule has 8 heteroatoms. The fourth-order valence-electron chi connectivity index (χ4n) is 3.70. The molecule has 0 radical (unpaired) electrons. The third-order valence-electron chi connectivity index (χ3n) is 5.07. The van der Waals surface area contributed by atoms with E-state index >= 15 is 0 Å². The number of aromatic nitrogens is 4. The number of carbonyl (C=O) groups is 1. The first kappa shape index (κ1) is 20.8. The lowest BCUT2D eigenvalue weighted by Crippen LogP contribution is -2.43. The van der Waals surface area contributed by atoms with Crippen molar-refractivity contribution in [3.05, 3.63) is 41.3 Å². The first-order valence-corrected chi connectivity index (χ1v) is 11.0. The van der Waals surface area contributed by atoms with Gasteiger partial charge in [0.1, 0.15) is 11.1 Å². The Kier molecular flexibility index (Phi) is 5.77. The summed E-state index contributed by atoms with van der Waals surface area (Å²) in [5, 5.41) is 4.52. The molecule has 1 fully saturated rings. The van der Waals surface area contributed by atoms with E-state index in [4.69, 9.17) is 9.72 Å². The SMILES string of the molecule is CC(C)(C)OC(=O)N1CCCC(Cn2cc(-c3cnc4cccc(Br)c4n3)cn2)C1. The summed E-state index contributed by atoms with van der Waals surface area (Å²) in [6.45, 7) is 7.87. The minimum atomic E-state index is -0.475. The molecule has 1 aliphatic heterocycles. The smallest absolute Gasteiger partial charge is 0.410 e.